The lowest BCUT2D eigenvalue weighted by Crippen LogP contribution is -2.31. The summed E-state index contributed by atoms with van der Waals surface area (Å²) in [6.07, 6.45) is 40.0. The van der Waals surface area contributed by atoms with Crippen LogP contribution in [-0.2, 0) is 19.1 Å². The highest BCUT2D eigenvalue weighted by Gasteiger charge is 2.17. The molecule has 1 aliphatic heterocycles. The Kier molecular flexibility index (Phi) is 39.1. The molecule has 0 aromatic heterocycles. The van der Waals surface area contributed by atoms with Gasteiger partial charge in [-0.05, 0) is 83.7 Å². The molecule has 0 radical (unpaired) electrons. The molecular weight excluding hydrogens is 729 g/mol. The topological polar surface area (TPSA) is 76.1 Å². The second kappa shape index (κ2) is 41.5. The van der Waals surface area contributed by atoms with E-state index < -0.39 is 0 Å². The summed E-state index contributed by atoms with van der Waals surface area (Å²) in [5, 5.41) is 0.203. The van der Waals surface area contributed by atoms with Crippen LogP contribution in [0.2, 0.25) is 0 Å². The minimum atomic E-state index is -0.0746. The molecule has 0 aliphatic carbocycles. The Morgan fingerprint density at radius 2 is 0.947 bits per heavy atom. The maximum absolute atomic E-state index is 13.3. The molecule has 1 heterocycles. The molecule has 0 bridgehead atoms. The van der Waals surface area contributed by atoms with Crippen LogP contribution in [0, 0.1) is 0 Å². The monoisotopic (exact) mass is 823 g/mol. The molecule has 7 nitrogen and oxygen atoms in total. The second-order valence-corrected chi connectivity index (χ2v) is 18.3. The molecule has 1 amide bonds. The third-order valence-electron chi connectivity index (χ3n) is 11.8. The van der Waals surface area contributed by atoms with Crippen molar-refractivity contribution in [1.82, 2.24) is 9.80 Å². The number of ether oxygens (including phenoxy) is 2. The number of hydrogen-bond donors (Lipinski definition) is 0. The molecule has 1 saturated heterocycles. The predicted octanol–water partition coefficient (Wildman–Crippen LogP) is 14.6. The standard InChI is InChI=1S/C49H94N2O5S/c1-4-7-10-13-16-17-18-24-34-44-55-47(52)37-29-25-31-42-51(49(54)57-45-43-50-39-32-33-40-50)41-30-23-19-22-28-38-48(53)56-46(35-26-20-14-11-8-5-2)36-27-21-15-12-9-6-3/h46H,4-45H2,1-3H3. The van der Waals surface area contributed by atoms with Crippen molar-refractivity contribution in [3.63, 3.8) is 0 Å². The van der Waals surface area contributed by atoms with Crippen LogP contribution in [0.25, 0.3) is 0 Å². The maximum atomic E-state index is 13.3. The highest BCUT2D eigenvalue weighted by atomic mass is 32.2. The number of thioether (sulfide) groups is 1. The number of nitrogens with zero attached hydrogens (tertiary/aromatic N) is 2. The van der Waals surface area contributed by atoms with E-state index in [0.29, 0.717) is 19.4 Å². The minimum Gasteiger partial charge on any atom is -0.466 e. The van der Waals surface area contributed by atoms with Gasteiger partial charge < -0.3 is 19.3 Å². The lowest BCUT2D eigenvalue weighted by Gasteiger charge is -2.23. The van der Waals surface area contributed by atoms with Crippen molar-refractivity contribution < 1.29 is 23.9 Å². The van der Waals surface area contributed by atoms with Gasteiger partial charge in [-0.1, -0.05) is 174 Å². The SMILES string of the molecule is CCCCCCCCCCCOC(=O)CCCCCN(CCCCCCCC(=O)OC(CCCCCCCC)CCCCCCCC)C(=O)SCCN1CCCC1. The summed E-state index contributed by atoms with van der Waals surface area (Å²) in [5.74, 6) is 0.774. The lowest BCUT2D eigenvalue weighted by atomic mass is 10.0. The third-order valence-corrected chi connectivity index (χ3v) is 12.7. The maximum Gasteiger partial charge on any atom is 0.306 e. The van der Waals surface area contributed by atoms with Crippen molar-refractivity contribution in [3.05, 3.63) is 0 Å². The van der Waals surface area contributed by atoms with E-state index in [1.54, 1.807) is 0 Å². The van der Waals surface area contributed by atoms with Gasteiger partial charge in [-0.2, -0.15) is 0 Å². The van der Waals surface area contributed by atoms with Crippen LogP contribution in [0.15, 0.2) is 0 Å². The van der Waals surface area contributed by atoms with Crippen molar-refractivity contribution in [2.45, 2.75) is 252 Å². The predicted molar refractivity (Wildman–Crippen MR) is 245 cm³/mol. The van der Waals surface area contributed by atoms with Gasteiger partial charge in [0.15, 0.2) is 0 Å². The molecule has 0 spiro atoms. The summed E-state index contributed by atoms with van der Waals surface area (Å²) in [5.41, 5.74) is 0. The molecule has 0 N–H and O–H groups in total. The van der Waals surface area contributed by atoms with E-state index in [1.165, 1.54) is 147 Å². The first-order chi connectivity index (χ1) is 28.0. The van der Waals surface area contributed by atoms with Gasteiger partial charge in [0.1, 0.15) is 6.10 Å². The van der Waals surface area contributed by atoms with E-state index >= 15 is 0 Å². The average Bonchev–Trinajstić information content (AvgIpc) is 3.73. The van der Waals surface area contributed by atoms with Crippen molar-refractivity contribution >= 4 is 28.9 Å². The second-order valence-electron chi connectivity index (χ2n) is 17.3. The molecular formula is C49H94N2O5S. The van der Waals surface area contributed by atoms with Gasteiger partial charge >= 0.3 is 11.9 Å². The number of likely N-dealkylation sites (tertiary alicyclic amines) is 1. The number of carbonyl (C=O) groups excluding carboxylic acids is 3. The van der Waals surface area contributed by atoms with Crippen LogP contribution in [0.3, 0.4) is 0 Å². The van der Waals surface area contributed by atoms with E-state index in [-0.39, 0.29) is 23.3 Å². The van der Waals surface area contributed by atoms with Gasteiger partial charge in [0, 0.05) is 38.2 Å². The summed E-state index contributed by atoms with van der Waals surface area (Å²) in [4.78, 5) is 42.9. The van der Waals surface area contributed by atoms with E-state index in [0.717, 1.165) is 116 Å². The van der Waals surface area contributed by atoms with Crippen molar-refractivity contribution in [3.8, 4) is 0 Å². The number of rotatable bonds is 42. The first-order valence-electron chi connectivity index (χ1n) is 25.0. The zero-order chi connectivity index (χ0) is 41.3. The highest BCUT2D eigenvalue weighted by Crippen LogP contribution is 2.20. The average molecular weight is 823 g/mol. The Labute approximate surface area is 358 Å². The van der Waals surface area contributed by atoms with Gasteiger partial charge in [-0.3, -0.25) is 14.4 Å². The first-order valence-corrected chi connectivity index (χ1v) is 26.0. The Hall–Kier alpha value is -1.28. The molecule has 1 aliphatic rings. The normalized spacial score (nSPS) is 13.1. The number of amides is 1. The summed E-state index contributed by atoms with van der Waals surface area (Å²) in [7, 11) is 0. The lowest BCUT2D eigenvalue weighted by molar-refractivity contribution is -0.150. The van der Waals surface area contributed by atoms with Crippen LogP contribution in [0.4, 0.5) is 4.79 Å². The molecule has 336 valence electrons. The minimum absolute atomic E-state index is 0.00763. The summed E-state index contributed by atoms with van der Waals surface area (Å²) in [6, 6.07) is 0. The molecule has 57 heavy (non-hydrogen) atoms. The smallest absolute Gasteiger partial charge is 0.306 e. The molecule has 0 atom stereocenters. The molecule has 1 fully saturated rings. The molecule has 0 aromatic carbocycles. The first kappa shape index (κ1) is 53.7. The Balaban J connectivity index is 2.32. The summed E-state index contributed by atoms with van der Waals surface area (Å²) >= 11 is 1.48. The van der Waals surface area contributed by atoms with E-state index in [9.17, 15) is 14.4 Å². The quantitative estimate of drug-likeness (QED) is 0.0448. The van der Waals surface area contributed by atoms with Crippen molar-refractivity contribution in [2.24, 2.45) is 0 Å². The molecule has 0 saturated carbocycles. The third kappa shape index (κ3) is 35.2. The fourth-order valence-electron chi connectivity index (χ4n) is 7.99. The number of unbranched alkanes of at least 4 members (excludes halogenated alkanes) is 24. The van der Waals surface area contributed by atoms with Crippen molar-refractivity contribution in [2.75, 3.05) is 45.1 Å². The van der Waals surface area contributed by atoms with Crippen LogP contribution >= 0.6 is 11.8 Å². The highest BCUT2D eigenvalue weighted by molar-refractivity contribution is 8.13. The number of esters is 2. The van der Waals surface area contributed by atoms with E-state index in [1.807, 2.05) is 0 Å². The zero-order valence-corrected chi connectivity index (χ0v) is 38.9. The van der Waals surface area contributed by atoms with Gasteiger partial charge in [0.25, 0.3) is 5.24 Å². The molecule has 8 heteroatoms. The van der Waals surface area contributed by atoms with Crippen molar-refractivity contribution in [1.29, 1.82) is 0 Å². The fraction of sp³-hybridized carbons (Fsp3) is 0.939. The number of hydrogen-bond acceptors (Lipinski definition) is 7. The van der Waals surface area contributed by atoms with Gasteiger partial charge in [0.05, 0.1) is 6.61 Å². The zero-order valence-electron chi connectivity index (χ0n) is 38.1. The van der Waals surface area contributed by atoms with Crippen LogP contribution in [-0.4, -0.2) is 78.2 Å². The van der Waals surface area contributed by atoms with Crippen LogP contribution in [0.1, 0.15) is 245 Å². The Bertz CT molecular complexity index is 898. The van der Waals surface area contributed by atoms with E-state index in [2.05, 4.69) is 30.6 Å². The Morgan fingerprint density at radius 1 is 0.526 bits per heavy atom. The molecule has 0 unspecified atom stereocenters. The Morgan fingerprint density at radius 3 is 1.47 bits per heavy atom. The van der Waals surface area contributed by atoms with Gasteiger partial charge in [-0.25, -0.2) is 0 Å². The fourth-order valence-corrected chi connectivity index (χ4v) is 8.88. The molecule has 0 aromatic rings. The van der Waals surface area contributed by atoms with E-state index in [4.69, 9.17) is 9.47 Å². The van der Waals surface area contributed by atoms with Crippen LogP contribution < -0.4 is 0 Å². The van der Waals surface area contributed by atoms with Gasteiger partial charge in [0.2, 0.25) is 0 Å². The summed E-state index contributed by atoms with van der Waals surface area (Å²) in [6.45, 7) is 12.2. The van der Waals surface area contributed by atoms with Crippen LogP contribution in [0.5, 0.6) is 0 Å². The largest absolute Gasteiger partial charge is 0.466 e. The van der Waals surface area contributed by atoms with Gasteiger partial charge in [-0.15, -0.1) is 0 Å². The molecule has 1 rings (SSSR count). The summed E-state index contributed by atoms with van der Waals surface area (Å²) < 4.78 is 11.6. The number of carbonyl (C=O) groups is 3.